The number of fused-ring (bicyclic) bond motifs is 1. The number of benzene rings is 1. The number of allylic oxidation sites excluding steroid dienone is 2. The van der Waals surface area contributed by atoms with E-state index in [1.54, 1.807) is 56.0 Å². The summed E-state index contributed by atoms with van der Waals surface area (Å²) in [7, 11) is -2.66. The Kier molecular flexibility index (Phi) is 8.02. The Morgan fingerprint density at radius 2 is 1.83 bits per heavy atom. The number of carbonyl (C=O) groups excluding carboxylic acids is 1. The van der Waals surface area contributed by atoms with E-state index in [-0.39, 0.29) is 40.0 Å². The predicted octanol–water partition coefficient (Wildman–Crippen LogP) is 4.88. The number of aliphatic hydroxyl groups excluding tert-OH is 1. The van der Waals surface area contributed by atoms with Crippen LogP contribution in [0.15, 0.2) is 83.6 Å². The maximum atomic E-state index is 15.8. The van der Waals surface area contributed by atoms with Crippen molar-refractivity contribution in [2.24, 2.45) is 0 Å². The lowest BCUT2D eigenvalue weighted by Gasteiger charge is -2.29. The van der Waals surface area contributed by atoms with E-state index in [1.165, 1.54) is 43.9 Å². The van der Waals surface area contributed by atoms with Gasteiger partial charge in [-0.1, -0.05) is 18.2 Å². The zero-order valence-corrected chi connectivity index (χ0v) is 26.5. The van der Waals surface area contributed by atoms with Crippen LogP contribution in [-0.4, -0.2) is 57.8 Å². The molecule has 240 valence electrons. The first-order valence-electron chi connectivity index (χ1n) is 14.6. The van der Waals surface area contributed by atoms with Crippen LogP contribution >= 0.6 is 0 Å². The van der Waals surface area contributed by atoms with Crippen molar-refractivity contribution in [3.05, 3.63) is 101 Å². The second-order valence-corrected chi connectivity index (χ2v) is 13.8. The molecule has 2 N–H and O–H groups in total. The number of aromatic nitrogens is 4. The molecule has 46 heavy (non-hydrogen) atoms. The van der Waals surface area contributed by atoms with Gasteiger partial charge in [-0.2, -0.15) is 4.39 Å². The van der Waals surface area contributed by atoms with E-state index in [4.69, 9.17) is 9.47 Å². The van der Waals surface area contributed by atoms with E-state index >= 15 is 4.39 Å². The Morgan fingerprint density at radius 1 is 1.09 bits per heavy atom. The normalized spacial score (nSPS) is 16.1. The van der Waals surface area contributed by atoms with Crippen LogP contribution in [-0.2, 0) is 19.5 Å². The van der Waals surface area contributed by atoms with Gasteiger partial charge < -0.3 is 14.6 Å². The first kappa shape index (κ1) is 31.2. The molecule has 1 atom stereocenters. The highest BCUT2D eigenvalue weighted by molar-refractivity contribution is 7.90. The average molecular weight is 649 g/mol. The van der Waals surface area contributed by atoms with Crippen LogP contribution in [0.3, 0.4) is 0 Å². The van der Waals surface area contributed by atoms with Crippen LogP contribution in [0, 0.1) is 5.95 Å². The first-order valence-corrected chi connectivity index (χ1v) is 16.0. The summed E-state index contributed by atoms with van der Waals surface area (Å²) in [6.07, 6.45) is 5.30. The number of carbonyl (C=O) groups is 1. The Labute approximate surface area is 265 Å². The van der Waals surface area contributed by atoms with Crippen LogP contribution in [0.4, 0.5) is 15.0 Å². The standard InChI is InChI=1S/C32H33FN6O6S/c1-32(2,3)45-31(41)36-20-12-15-25(44-4)38(16-20)24-14-13-22(29(33)37-24)28(40)23-17-39(46(42,43)21-8-6-5-7-9-21)30-26(23)27(19-10-11-19)34-18-35-30/h5-9,12-15,17-19,28,40H,10-11,16H2,1-4H3,(H,36,41). The number of amides is 1. The van der Waals surface area contributed by atoms with Crippen molar-refractivity contribution >= 4 is 33.0 Å². The summed E-state index contributed by atoms with van der Waals surface area (Å²) in [6.45, 7) is 5.33. The fourth-order valence-corrected chi connectivity index (χ4v) is 6.60. The molecule has 1 saturated carbocycles. The van der Waals surface area contributed by atoms with Gasteiger partial charge in [0.15, 0.2) is 11.5 Å². The van der Waals surface area contributed by atoms with Crippen molar-refractivity contribution in [1.82, 2.24) is 24.2 Å². The van der Waals surface area contributed by atoms with Crippen LogP contribution in [0.2, 0.25) is 0 Å². The summed E-state index contributed by atoms with van der Waals surface area (Å²) in [5.41, 5.74) is 0.435. The molecule has 0 bridgehead atoms. The number of hydrogen-bond donors (Lipinski definition) is 2. The van der Waals surface area contributed by atoms with E-state index < -0.39 is 33.8 Å². The number of alkyl carbamates (subject to hydrolysis) is 1. The number of hydrogen-bond acceptors (Lipinski definition) is 10. The third-order valence-electron chi connectivity index (χ3n) is 7.50. The van der Waals surface area contributed by atoms with Gasteiger partial charge in [0.25, 0.3) is 10.0 Å². The quantitative estimate of drug-likeness (QED) is 0.253. The summed E-state index contributed by atoms with van der Waals surface area (Å²) in [5, 5.41) is 14.7. The molecule has 6 rings (SSSR count). The molecule has 1 unspecified atom stereocenters. The summed E-state index contributed by atoms with van der Waals surface area (Å²) < 4.78 is 55.0. The summed E-state index contributed by atoms with van der Waals surface area (Å²) in [6, 6.07) is 10.7. The number of pyridine rings is 1. The predicted molar refractivity (Wildman–Crippen MR) is 167 cm³/mol. The summed E-state index contributed by atoms with van der Waals surface area (Å²) in [5.74, 6) is -0.412. The maximum Gasteiger partial charge on any atom is 0.411 e. The van der Waals surface area contributed by atoms with Crippen LogP contribution in [0.25, 0.3) is 11.0 Å². The minimum absolute atomic E-state index is 0.0369. The van der Waals surface area contributed by atoms with E-state index in [0.717, 1.165) is 16.8 Å². The molecule has 0 radical (unpaired) electrons. The Balaban J connectivity index is 1.35. The lowest BCUT2D eigenvalue weighted by Crippen LogP contribution is -2.38. The topological polar surface area (TPSA) is 149 Å². The van der Waals surface area contributed by atoms with Gasteiger partial charge >= 0.3 is 6.09 Å². The number of ether oxygens (including phenoxy) is 2. The van der Waals surface area contributed by atoms with E-state index in [0.29, 0.717) is 22.7 Å². The number of halogens is 1. The van der Waals surface area contributed by atoms with E-state index in [9.17, 15) is 18.3 Å². The monoisotopic (exact) mass is 648 g/mol. The molecule has 1 aromatic carbocycles. The molecule has 2 aliphatic rings. The molecular weight excluding hydrogens is 615 g/mol. The van der Waals surface area contributed by atoms with Gasteiger partial charge in [0.1, 0.15) is 23.9 Å². The first-order chi connectivity index (χ1) is 21.9. The highest BCUT2D eigenvalue weighted by atomic mass is 32.2. The molecule has 4 heterocycles. The Bertz CT molecular complexity index is 1980. The minimum atomic E-state index is -4.11. The molecule has 1 amide bonds. The lowest BCUT2D eigenvalue weighted by atomic mass is 10.0. The van der Waals surface area contributed by atoms with Crippen LogP contribution in [0.1, 0.15) is 62.5 Å². The molecule has 1 aliphatic carbocycles. The largest absolute Gasteiger partial charge is 0.482 e. The fraction of sp³-hybridized carbons (Fsp3) is 0.312. The maximum absolute atomic E-state index is 15.8. The smallest absolute Gasteiger partial charge is 0.411 e. The Morgan fingerprint density at radius 3 is 2.48 bits per heavy atom. The van der Waals surface area contributed by atoms with Gasteiger partial charge in [0, 0.05) is 40.4 Å². The van der Waals surface area contributed by atoms with E-state index in [2.05, 4.69) is 20.3 Å². The van der Waals surface area contributed by atoms with Crippen molar-refractivity contribution in [2.75, 3.05) is 18.6 Å². The number of nitrogens with one attached hydrogen (secondary N) is 1. The van der Waals surface area contributed by atoms with Crippen molar-refractivity contribution in [3.63, 3.8) is 0 Å². The van der Waals surface area contributed by atoms with Gasteiger partial charge in [-0.25, -0.2) is 32.1 Å². The van der Waals surface area contributed by atoms with Gasteiger partial charge in [-0.05, 0) is 64.0 Å². The number of nitrogens with zero attached hydrogens (tertiary/aromatic N) is 5. The summed E-state index contributed by atoms with van der Waals surface area (Å²) >= 11 is 0. The second-order valence-electron chi connectivity index (χ2n) is 12.0. The minimum Gasteiger partial charge on any atom is -0.482 e. The van der Waals surface area contributed by atoms with Crippen molar-refractivity contribution in [2.45, 2.75) is 56.1 Å². The Hall–Kier alpha value is -4.82. The van der Waals surface area contributed by atoms with Gasteiger partial charge in [0.2, 0.25) is 5.95 Å². The SMILES string of the molecule is COC1=CC=C(NC(=O)OC(C)(C)C)CN1c1ccc(C(O)c2cn(S(=O)(=O)c3ccccc3)c3ncnc(C4CC4)c23)c(F)n1. The molecular formula is C32H33FN6O6S. The third-order valence-corrected chi connectivity index (χ3v) is 9.16. The highest BCUT2D eigenvalue weighted by Gasteiger charge is 2.34. The summed E-state index contributed by atoms with van der Waals surface area (Å²) in [4.78, 5) is 26.8. The molecule has 3 aromatic heterocycles. The van der Waals surface area contributed by atoms with Crippen molar-refractivity contribution in [1.29, 1.82) is 0 Å². The highest BCUT2D eigenvalue weighted by Crippen LogP contribution is 2.45. The number of rotatable bonds is 8. The number of methoxy groups -OCH3 is 1. The van der Waals surface area contributed by atoms with Gasteiger partial charge in [-0.3, -0.25) is 10.2 Å². The zero-order chi connectivity index (χ0) is 32.8. The zero-order valence-electron chi connectivity index (χ0n) is 25.6. The fourth-order valence-electron chi connectivity index (χ4n) is 5.26. The number of anilines is 1. The van der Waals surface area contributed by atoms with E-state index in [1.807, 2.05) is 0 Å². The average Bonchev–Trinajstić information content (AvgIpc) is 3.79. The van der Waals surface area contributed by atoms with Gasteiger partial charge in [-0.15, -0.1) is 0 Å². The third kappa shape index (κ3) is 6.05. The molecule has 12 nitrogen and oxygen atoms in total. The van der Waals surface area contributed by atoms with Crippen molar-refractivity contribution < 1.29 is 32.2 Å². The molecule has 1 aliphatic heterocycles. The van der Waals surface area contributed by atoms with Gasteiger partial charge in [0.05, 0.1) is 24.2 Å². The molecule has 4 aromatic rings. The number of aliphatic hydroxyl groups is 1. The van der Waals surface area contributed by atoms with Crippen LogP contribution in [0.5, 0.6) is 0 Å². The molecule has 0 saturated heterocycles. The second kappa shape index (κ2) is 11.8. The van der Waals surface area contributed by atoms with Crippen LogP contribution < -0.4 is 10.2 Å². The molecule has 14 heteroatoms. The van der Waals surface area contributed by atoms with Crippen molar-refractivity contribution in [3.8, 4) is 0 Å². The molecule has 1 fully saturated rings. The molecule has 0 spiro atoms. The lowest BCUT2D eigenvalue weighted by molar-refractivity contribution is 0.0544.